The molecule has 5 nitrogen and oxygen atoms in total. The highest BCUT2D eigenvalue weighted by Gasteiger charge is 2.23. The van der Waals surface area contributed by atoms with Crippen LogP contribution in [0.1, 0.15) is 48.5 Å². The van der Waals surface area contributed by atoms with Crippen molar-refractivity contribution in [3.05, 3.63) is 83.7 Å². The summed E-state index contributed by atoms with van der Waals surface area (Å²) in [4.78, 5) is 32.2. The van der Waals surface area contributed by atoms with Gasteiger partial charge in [0, 0.05) is 57.8 Å². The monoisotopic (exact) mass is 489 g/mol. The standard InChI is InChI=1S/C30H36FN3O2/c1-2-3-4-9-29(35)34(23-24-10-14-28(31)15-11-24)21-18-32-16-19-33(20-17-32)30(36)27-13-12-25-7-5-6-8-26(25)22-27/h5-8,10-15,22H,2-4,9,16-21,23H2,1H3. The highest BCUT2D eigenvalue weighted by Crippen LogP contribution is 2.18. The fourth-order valence-electron chi connectivity index (χ4n) is 4.73. The molecule has 190 valence electrons. The number of piperazine rings is 1. The van der Waals surface area contributed by atoms with Gasteiger partial charge in [-0.15, -0.1) is 0 Å². The van der Waals surface area contributed by atoms with E-state index in [1.165, 1.54) is 12.1 Å². The molecule has 0 atom stereocenters. The predicted molar refractivity (Wildman–Crippen MR) is 142 cm³/mol. The quantitative estimate of drug-likeness (QED) is 0.361. The number of hydrogen-bond acceptors (Lipinski definition) is 3. The molecule has 36 heavy (non-hydrogen) atoms. The van der Waals surface area contributed by atoms with E-state index < -0.39 is 0 Å². The van der Waals surface area contributed by atoms with E-state index in [0.29, 0.717) is 32.6 Å². The van der Waals surface area contributed by atoms with E-state index in [4.69, 9.17) is 0 Å². The van der Waals surface area contributed by atoms with Crippen LogP contribution >= 0.6 is 0 Å². The molecule has 0 aliphatic carbocycles. The SMILES string of the molecule is CCCCCC(=O)N(CCN1CCN(C(=O)c2ccc3ccccc3c2)CC1)Cc1ccc(F)cc1. The molecule has 1 aliphatic heterocycles. The van der Waals surface area contributed by atoms with Gasteiger partial charge >= 0.3 is 0 Å². The molecule has 2 amide bonds. The van der Waals surface area contributed by atoms with Crippen LogP contribution in [0.3, 0.4) is 0 Å². The van der Waals surface area contributed by atoms with Gasteiger partial charge in [0.2, 0.25) is 5.91 Å². The summed E-state index contributed by atoms with van der Waals surface area (Å²) in [7, 11) is 0. The second kappa shape index (κ2) is 12.6. The maximum atomic E-state index is 13.3. The third kappa shape index (κ3) is 6.91. The zero-order valence-corrected chi connectivity index (χ0v) is 21.2. The molecule has 3 aromatic rings. The van der Waals surface area contributed by atoms with E-state index >= 15 is 0 Å². The molecule has 0 radical (unpaired) electrons. The summed E-state index contributed by atoms with van der Waals surface area (Å²) in [5, 5.41) is 2.21. The number of nitrogens with zero attached hydrogens (tertiary/aromatic N) is 3. The van der Waals surface area contributed by atoms with Crippen LogP contribution in [-0.4, -0.2) is 65.8 Å². The fraction of sp³-hybridized carbons (Fsp3) is 0.400. The first-order valence-corrected chi connectivity index (χ1v) is 13.1. The summed E-state index contributed by atoms with van der Waals surface area (Å²) < 4.78 is 13.3. The van der Waals surface area contributed by atoms with Gasteiger partial charge in [-0.05, 0) is 47.0 Å². The van der Waals surface area contributed by atoms with E-state index in [0.717, 1.165) is 60.8 Å². The van der Waals surface area contributed by atoms with Crippen molar-refractivity contribution in [2.45, 2.75) is 39.2 Å². The van der Waals surface area contributed by atoms with E-state index in [1.807, 2.05) is 46.2 Å². The molecule has 0 unspecified atom stereocenters. The number of halogens is 1. The molecule has 4 rings (SSSR count). The normalized spacial score (nSPS) is 14.2. The molecule has 0 saturated carbocycles. The van der Waals surface area contributed by atoms with E-state index in [9.17, 15) is 14.0 Å². The lowest BCUT2D eigenvalue weighted by Crippen LogP contribution is -2.50. The molecule has 3 aromatic carbocycles. The van der Waals surface area contributed by atoms with Crippen LogP contribution in [0.4, 0.5) is 4.39 Å². The van der Waals surface area contributed by atoms with Gasteiger partial charge in [-0.1, -0.05) is 62.2 Å². The van der Waals surface area contributed by atoms with Crippen molar-refractivity contribution in [1.82, 2.24) is 14.7 Å². The summed E-state index contributed by atoms with van der Waals surface area (Å²) in [6, 6.07) is 20.4. The average molecular weight is 490 g/mol. The zero-order chi connectivity index (χ0) is 25.3. The van der Waals surface area contributed by atoms with E-state index in [-0.39, 0.29) is 17.6 Å². The summed E-state index contributed by atoms with van der Waals surface area (Å²) in [5.41, 5.74) is 1.66. The Hall–Kier alpha value is -3.25. The Morgan fingerprint density at radius 1 is 0.889 bits per heavy atom. The number of carbonyl (C=O) groups is 2. The Morgan fingerprint density at radius 3 is 2.33 bits per heavy atom. The number of carbonyl (C=O) groups excluding carboxylic acids is 2. The minimum atomic E-state index is -0.268. The van der Waals surface area contributed by atoms with Gasteiger partial charge in [-0.25, -0.2) is 4.39 Å². The fourth-order valence-corrected chi connectivity index (χ4v) is 4.73. The second-order valence-corrected chi connectivity index (χ2v) is 9.59. The molecule has 1 fully saturated rings. The van der Waals surface area contributed by atoms with Crippen LogP contribution in [-0.2, 0) is 11.3 Å². The minimum absolute atomic E-state index is 0.0736. The second-order valence-electron chi connectivity index (χ2n) is 9.59. The molecule has 0 aromatic heterocycles. The molecule has 0 spiro atoms. The summed E-state index contributed by atoms with van der Waals surface area (Å²) in [6.07, 6.45) is 3.56. The van der Waals surface area contributed by atoms with Crippen molar-refractivity contribution in [1.29, 1.82) is 0 Å². The third-order valence-corrected chi connectivity index (χ3v) is 6.98. The Morgan fingerprint density at radius 2 is 1.61 bits per heavy atom. The number of hydrogen-bond donors (Lipinski definition) is 0. The number of rotatable bonds is 10. The molecule has 0 N–H and O–H groups in total. The Balaban J connectivity index is 1.31. The molecule has 1 aliphatic rings. The Labute approximate surface area is 213 Å². The first-order chi connectivity index (χ1) is 17.5. The summed E-state index contributed by atoms with van der Waals surface area (Å²) in [5.74, 6) is -0.0435. The maximum Gasteiger partial charge on any atom is 0.253 e. The van der Waals surface area contributed by atoms with Crippen LogP contribution in [0.25, 0.3) is 10.8 Å². The topological polar surface area (TPSA) is 43.9 Å². The number of unbranched alkanes of at least 4 members (excludes halogenated alkanes) is 2. The predicted octanol–water partition coefficient (Wildman–Crippen LogP) is 5.35. The number of fused-ring (bicyclic) bond motifs is 1. The van der Waals surface area contributed by atoms with Crippen LogP contribution < -0.4 is 0 Å². The number of amides is 2. The first-order valence-electron chi connectivity index (χ1n) is 13.1. The zero-order valence-electron chi connectivity index (χ0n) is 21.2. The average Bonchev–Trinajstić information content (AvgIpc) is 2.91. The lowest BCUT2D eigenvalue weighted by atomic mass is 10.1. The highest BCUT2D eigenvalue weighted by molar-refractivity contribution is 5.98. The van der Waals surface area contributed by atoms with Crippen molar-refractivity contribution in [3.63, 3.8) is 0 Å². The molecule has 6 heteroatoms. The van der Waals surface area contributed by atoms with Gasteiger partial charge in [0.1, 0.15) is 5.82 Å². The van der Waals surface area contributed by atoms with Gasteiger partial charge in [0.05, 0.1) is 0 Å². The lowest BCUT2D eigenvalue weighted by Gasteiger charge is -2.36. The first kappa shape index (κ1) is 25.8. The van der Waals surface area contributed by atoms with Crippen LogP contribution in [0.2, 0.25) is 0 Å². The van der Waals surface area contributed by atoms with Crippen LogP contribution in [0.15, 0.2) is 66.7 Å². The summed E-state index contributed by atoms with van der Waals surface area (Å²) in [6.45, 7) is 6.93. The summed E-state index contributed by atoms with van der Waals surface area (Å²) >= 11 is 0. The maximum absolute atomic E-state index is 13.3. The Bertz CT molecular complexity index is 1160. The van der Waals surface area contributed by atoms with Crippen molar-refractivity contribution in [2.24, 2.45) is 0 Å². The molecule has 1 heterocycles. The van der Waals surface area contributed by atoms with Crippen LogP contribution in [0.5, 0.6) is 0 Å². The molecule has 1 saturated heterocycles. The molecular weight excluding hydrogens is 453 g/mol. The van der Waals surface area contributed by atoms with Crippen molar-refractivity contribution >= 4 is 22.6 Å². The van der Waals surface area contributed by atoms with Crippen molar-refractivity contribution in [2.75, 3.05) is 39.3 Å². The molecule has 0 bridgehead atoms. The van der Waals surface area contributed by atoms with Crippen molar-refractivity contribution in [3.8, 4) is 0 Å². The van der Waals surface area contributed by atoms with Gasteiger partial charge in [0.15, 0.2) is 0 Å². The van der Waals surface area contributed by atoms with Crippen molar-refractivity contribution < 1.29 is 14.0 Å². The van der Waals surface area contributed by atoms with Gasteiger partial charge in [0.25, 0.3) is 5.91 Å². The Kier molecular flexibility index (Phi) is 9.06. The van der Waals surface area contributed by atoms with Gasteiger partial charge < -0.3 is 9.80 Å². The van der Waals surface area contributed by atoms with Crippen LogP contribution in [0, 0.1) is 5.82 Å². The highest BCUT2D eigenvalue weighted by atomic mass is 19.1. The third-order valence-electron chi connectivity index (χ3n) is 6.98. The van der Waals surface area contributed by atoms with E-state index in [1.54, 1.807) is 12.1 Å². The largest absolute Gasteiger partial charge is 0.337 e. The van der Waals surface area contributed by atoms with Gasteiger partial charge in [-0.3, -0.25) is 14.5 Å². The lowest BCUT2D eigenvalue weighted by molar-refractivity contribution is -0.132. The molecular formula is C30H36FN3O2. The van der Waals surface area contributed by atoms with E-state index in [2.05, 4.69) is 17.9 Å². The minimum Gasteiger partial charge on any atom is -0.337 e. The smallest absolute Gasteiger partial charge is 0.253 e. The van der Waals surface area contributed by atoms with Gasteiger partial charge in [-0.2, -0.15) is 0 Å². The number of benzene rings is 3.